The van der Waals surface area contributed by atoms with Crippen molar-refractivity contribution in [2.75, 3.05) is 12.4 Å². The van der Waals surface area contributed by atoms with E-state index in [4.69, 9.17) is 4.74 Å². The third-order valence-electron chi connectivity index (χ3n) is 2.42. The van der Waals surface area contributed by atoms with Crippen LogP contribution in [0.5, 0.6) is 17.2 Å². The van der Waals surface area contributed by atoms with Gasteiger partial charge in [-0.25, -0.2) is 0 Å². The van der Waals surface area contributed by atoms with E-state index in [1.165, 1.54) is 37.7 Å². The standard InChI is InChI=1S/C13H12N2O4/c1-19-12-3-2-9(5-11(12)17)15-13(18)8-4-10(16)7-14-6-8/h2-7,16-17H,1H3,(H,15,18). The van der Waals surface area contributed by atoms with Crippen LogP contribution >= 0.6 is 0 Å². The van der Waals surface area contributed by atoms with Crippen molar-refractivity contribution in [3.8, 4) is 17.2 Å². The summed E-state index contributed by atoms with van der Waals surface area (Å²) in [6, 6.07) is 5.79. The maximum Gasteiger partial charge on any atom is 0.257 e. The number of ether oxygens (including phenoxy) is 1. The van der Waals surface area contributed by atoms with Crippen molar-refractivity contribution in [1.29, 1.82) is 0 Å². The average molecular weight is 260 g/mol. The van der Waals surface area contributed by atoms with Gasteiger partial charge in [-0.2, -0.15) is 0 Å². The number of rotatable bonds is 3. The van der Waals surface area contributed by atoms with Gasteiger partial charge in [0, 0.05) is 18.0 Å². The largest absolute Gasteiger partial charge is 0.506 e. The SMILES string of the molecule is COc1ccc(NC(=O)c2cncc(O)c2)cc1O. The molecule has 0 aliphatic carbocycles. The Morgan fingerprint density at radius 2 is 2.05 bits per heavy atom. The van der Waals surface area contributed by atoms with Crippen LogP contribution in [0, 0.1) is 0 Å². The molecule has 6 nitrogen and oxygen atoms in total. The fraction of sp³-hybridized carbons (Fsp3) is 0.0769. The second-order valence-electron chi connectivity index (χ2n) is 3.77. The number of nitrogens with one attached hydrogen (secondary N) is 1. The molecule has 0 radical (unpaired) electrons. The van der Waals surface area contributed by atoms with Gasteiger partial charge in [-0.15, -0.1) is 0 Å². The summed E-state index contributed by atoms with van der Waals surface area (Å²) < 4.78 is 4.90. The molecule has 0 fully saturated rings. The zero-order chi connectivity index (χ0) is 13.8. The zero-order valence-electron chi connectivity index (χ0n) is 10.1. The number of benzene rings is 1. The van der Waals surface area contributed by atoms with Crippen LogP contribution in [-0.2, 0) is 0 Å². The Kier molecular flexibility index (Phi) is 3.51. The van der Waals surface area contributed by atoms with E-state index in [9.17, 15) is 15.0 Å². The van der Waals surface area contributed by atoms with Crippen molar-refractivity contribution in [1.82, 2.24) is 4.98 Å². The second kappa shape index (κ2) is 5.26. The van der Waals surface area contributed by atoms with E-state index in [0.717, 1.165) is 0 Å². The molecule has 0 aliphatic rings. The van der Waals surface area contributed by atoms with Crippen LogP contribution in [0.1, 0.15) is 10.4 Å². The number of carbonyl (C=O) groups excluding carboxylic acids is 1. The van der Waals surface area contributed by atoms with Gasteiger partial charge in [0.2, 0.25) is 0 Å². The number of aromatic nitrogens is 1. The molecule has 0 bridgehead atoms. The van der Waals surface area contributed by atoms with Crippen LogP contribution in [0.3, 0.4) is 0 Å². The van der Waals surface area contributed by atoms with E-state index >= 15 is 0 Å². The number of nitrogens with zero attached hydrogens (tertiary/aromatic N) is 1. The first kappa shape index (κ1) is 12.7. The smallest absolute Gasteiger partial charge is 0.257 e. The predicted molar refractivity (Wildman–Crippen MR) is 68.5 cm³/mol. The highest BCUT2D eigenvalue weighted by molar-refractivity contribution is 6.04. The topological polar surface area (TPSA) is 91.7 Å². The summed E-state index contributed by atoms with van der Waals surface area (Å²) in [6.07, 6.45) is 2.56. The minimum atomic E-state index is -0.437. The summed E-state index contributed by atoms with van der Waals surface area (Å²) in [6.45, 7) is 0. The Hall–Kier alpha value is -2.76. The number of phenolic OH excluding ortho intramolecular Hbond substituents is 1. The first-order valence-electron chi connectivity index (χ1n) is 5.42. The molecule has 1 amide bonds. The van der Waals surface area contributed by atoms with E-state index in [-0.39, 0.29) is 17.1 Å². The third-order valence-corrected chi connectivity index (χ3v) is 2.42. The molecular formula is C13H12N2O4. The Morgan fingerprint density at radius 3 is 2.68 bits per heavy atom. The monoisotopic (exact) mass is 260 g/mol. The number of methoxy groups -OCH3 is 1. The highest BCUT2D eigenvalue weighted by atomic mass is 16.5. The summed E-state index contributed by atoms with van der Waals surface area (Å²) >= 11 is 0. The predicted octanol–water partition coefficient (Wildman–Crippen LogP) is 1.75. The normalized spacial score (nSPS) is 9.95. The molecule has 0 aliphatic heterocycles. The van der Waals surface area contributed by atoms with Gasteiger partial charge >= 0.3 is 0 Å². The molecule has 0 atom stereocenters. The number of carbonyl (C=O) groups is 1. The number of amides is 1. The van der Waals surface area contributed by atoms with Gasteiger partial charge in [0.25, 0.3) is 5.91 Å². The van der Waals surface area contributed by atoms with Gasteiger partial charge in [-0.05, 0) is 18.2 Å². The molecule has 1 heterocycles. The summed E-state index contributed by atoms with van der Waals surface area (Å²) in [5.41, 5.74) is 0.627. The summed E-state index contributed by atoms with van der Waals surface area (Å²) in [7, 11) is 1.44. The Labute approximate surface area is 109 Å². The molecule has 2 aromatic rings. The molecule has 3 N–H and O–H groups in total. The Morgan fingerprint density at radius 1 is 1.26 bits per heavy atom. The molecule has 2 rings (SSSR count). The molecular weight excluding hydrogens is 248 g/mol. The molecule has 1 aromatic carbocycles. The highest BCUT2D eigenvalue weighted by Gasteiger charge is 2.09. The minimum absolute atomic E-state index is 0.0747. The number of pyridine rings is 1. The van der Waals surface area contributed by atoms with Crippen LogP contribution in [0.15, 0.2) is 36.7 Å². The molecule has 0 spiro atoms. The van der Waals surface area contributed by atoms with E-state index < -0.39 is 5.91 Å². The lowest BCUT2D eigenvalue weighted by molar-refractivity contribution is 0.102. The van der Waals surface area contributed by atoms with Crippen molar-refractivity contribution in [2.24, 2.45) is 0 Å². The fourth-order valence-electron chi connectivity index (χ4n) is 1.52. The van der Waals surface area contributed by atoms with Crippen molar-refractivity contribution < 1.29 is 19.7 Å². The first-order valence-corrected chi connectivity index (χ1v) is 5.42. The van der Waals surface area contributed by atoms with Crippen molar-refractivity contribution in [2.45, 2.75) is 0 Å². The summed E-state index contributed by atoms with van der Waals surface area (Å²) in [4.78, 5) is 15.6. The number of phenols is 1. The average Bonchev–Trinajstić information content (AvgIpc) is 2.39. The Balaban J connectivity index is 2.17. The molecule has 0 saturated carbocycles. The van der Waals surface area contributed by atoms with E-state index in [1.54, 1.807) is 6.07 Å². The lowest BCUT2D eigenvalue weighted by Gasteiger charge is -2.08. The molecule has 19 heavy (non-hydrogen) atoms. The van der Waals surface area contributed by atoms with Gasteiger partial charge in [0.1, 0.15) is 5.75 Å². The number of hydrogen-bond donors (Lipinski definition) is 3. The van der Waals surface area contributed by atoms with E-state index in [0.29, 0.717) is 11.4 Å². The van der Waals surface area contributed by atoms with E-state index in [1.807, 2.05) is 0 Å². The van der Waals surface area contributed by atoms with Gasteiger partial charge in [-0.3, -0.25) is 9.78 Å². The van der Waals surface area contributed by atoms with Crippen molar-refractivity contribution in [3.63, 3.8) is 0 Å². The molecule has 6 heteroatoms. The molecule has 0 saturated heterocycles. The summed E-state index contributed by atoms with van der Waals surface area (Å²) in [5.74, 6) is -0.287. The fourth-order valence-corrected chi connectivity index (χ4v) is 1.52. The zero-order valence-corrected chi connectivity index (χ0v) is 10.1. The number of hydrogen-bond acceptors (Lipinski definition) is 5. The van der Waals surface area contributed by atoms with Crippen molar-refractivity contribution >= 4 is 11.6 Å². The summed E-state index contributed by atoms with van der Waals surface area (Å²) in [5, 5.41) is 21.4. The van der Waals surface area contributed by atoms with Crippen LogP contribution in [0.2, 0.25) is 0 Å². The third kappa shape index (κ3) is 2.92. The van der Waals surface area contributed by atoms with Crippen LogP contribution in [0.4, 0.5) is 5.69 Å². The lowest BCUT2D eigenvalue weighted by atomic mass is 10.2. The van der Waals surface area contributed by atoms with Crippen LogP contribution in [0.25, 0.3) is 0 Å². The van der Waals surface area contributed by atoms with Gasteiger partial charge in [0.05, 0.1) is 18.9 Å². The van der Waals surface area contributed by atoms with Crippen LogP contribution in [-0.4, -0.2) is 28.2 Å². The van der Waals surface area contributed by atoms with Gasteiger partial charge < -0.3 is 20.3 Å². The molecule has 0 unspecified atom stereocenters. The van der Waals surface area contributed by atoms with Gasteiger partial charge in [-0.1, -0.05) is 0 Å². The first-order chi connectivity index (χ1) is 9.10. The lowest BCUT2D eigenvalue weighted by Crippen LogP contribution is -2.11. The Bertz CT molecular complexity index is 613. The maximum atomic E-state index is 11.9. The van der Waals surface area contributed by atoms with E-state index in [2.05, 4.69) is 10.3 Å². The second-order valence-corrected chi connectivity index (χ2v) is 3.77. The van der Waals surface area contributed by atoms with Crippen LogP contribution < -0.4 is 10.1 Å². The van der Waals surface area contributed by atoms with Crippen molar-refractivity contribution in [3.05, 3.63) is 42.2 Å². The van der Waals surface area contributed by atoms with Gasteiger partial charge in [0.15, 0.2) is 11.5 Å². The molecule has 98 valence electrons. The molecule has 1 aromatic heterocycles. The minimum Gasteiger partial charge on any atom is -0.506 e. The number of anilines is 1. The number of aromatic hydroxyl groups is 2. The highest BCUT2D eigenvalue weighted by Crippen LogP contribution is 2.28. The quantitative estimate of drug-likeness (QED) is 0.782. The maximum absolute atomic E-state index is 11.9.